The SMILES string of the molecule is CCC/C=C/C/C=C/C/C=C/C/C=C/CCCCCC(=O)OC[C@H](CO[C@H]1O[C@H](CS(=O)(=O)O)[C@@H](O)C(O)C1O)OC(=O)CCCCCCC/C=C/C=C/CCCCCC. The Hall–Kier alpha value is -2.91. The second kappa shape index (κ2) is 36.7. The van der Waals surface area contributed by atoms with E-state index in [0.717, 1.165) is 83.5 Å². The molecule has 1 fully saturated rings. The van der Waals surface area contributed by atoms with Crippen LogP contribution in [0.25, 0.3) is 0 Å². The van der Waals surface area contributed by atoms with Gasteiger partial charge in [-0.3, -0.25) is 14.1 Å². The lowest BCUT2D eigenvalue weighted by Crippen LogP contribution is -2.60. The second-order valence-corrected chi connectivity index (χ2v) is 16.9. The van der Waals surface area contributed by atoms with Gasteiger partial charge in [0.2, 0.25) is 0 Å². The standard InChI is InChI=1S/C47H78O12S/c1-3-5-7-9-11-13-15-17-19-20-22-23-25-27-29-31-33-35-42(48)56-37-40(38-57-47-46(52)45(51)44(50)41(59-47)39-60(53,54)55)58-43(49)36-34-32-30-28-26-24-21-18-16-14-12-10-8-6-4-2/h7,9,13-16,18-21,23,25,40-41,44-47,50-52H,3-6,8,10-12,17,22,24,26-39H2,1-2H3,(H,53,54,55)/b9-7+,15-13+,16-14+,20-19+,21-18+,25-23+/t40-,41-,44-,45?,46?,47+/m1/s1. The molecule has 0 aromatic heterocycles. The maximum atomic E-state index is 12.8. The lowest BCUT2D eigenvalue weighted by Gasteiger charge is -2.40. The molecule has 0 bridgehead atoms. The van der Waals surface area contributed by atoms with Gasteiger partial charge >= 0.3 is 11.9 Å². The summed E-state index contributed by atoms with van der Waals surface area (Å²) < 4.78 is 54.0. The van der Waals surface area contributed by atoms with Gasteiger partial charge in [0.15, 0.2) is 12.4 Å². The average Bonchev–Trinajstić information content (AvgIpc) is 3.21. The van der Waals surface area contributed by atoms with Crippen molar-refractivity contribution in [2.24, 2.45) is 0 Å². The highest BCUT2D eigenvalue weighted by molar-refractivity contribution is 7.85. The first kappa shape index (κ1) is 55.1. The number of ether oxygens (including phenoxy) is 4. The van der Waals surface area contributed by atoms with Gasteiger partial charge in [-0.15, -0.1) is 0 Å². The van der Waals surface area contributed by atoms with E-state index in [1.807, 2.05) is 0 Å². The molecule has 0 aromatic carbocycles. The first-order valence-corrected chi connectivity index (χ1v) is 24.1. The van der Waals surface area contributed by atoms with Crippen molar-refractivity contribution < 1.29 is 56.8 Å². The average molecular weight is 867 g/mol. The summed E-state index contributed by atoms with van der Waals surface area (Å²) in [5.41, 5.74) is 0. The Bertz CT molecular complexity index is 1390. The van der Waals surface area contributed by atoms with Crippen molar-refractivity contribution >= 4 is 22.1 Å². The molecule has 6 atom stereocenters. The van der Waals surface area contributed by atoms with Gasteiger partial charge in [0.1, 0.15) is 36.8 Å². The molecule has 2 unspecified atom stereocenters. The van der Waals surface area contributed by atoms with Gasteiger partial charge in [-0.25, -0.2) is 0 Å². The third-order valence-electron chi connectivity index (χ3n) is 9.77. The predicted octanol–water partition coefficient (Wildman–Crippen LogP) is 9.11. The molecule has 1 heterocycles. The van der Waals surface area contributed by atoms with Gasteiger partial charge < -0.3 is 34.3 Å². The maximum Gasteiger partial charge on any atom is 0.306 e. The molecular formula is C47H78O12S. The Labute approximate surface area is 361 Å². The number of carbonyl (C=O) groups excluding carboxylic acids is 2. The Kier molecular flexibility index (Phi) is 33.7. The third kappa shape index (κ3) is 31.0. The van der Waals surface area contributed by atoms with Gasteiger partial charge in [0.25, 0.3) is 10.1 Å². The summed E-state index contributed by atoms with van der Waals surface area (Å²) in [7, 11) is -4.61. The van der Waals surface area contributed by atoms with Gasteiger partial charge in [-0.1, -0.05) is 138 Å². The Morgan fingerprint density at radius 3 is 1.67 bits per heavy atom. The van der Waals surface area contributed by atoms with Crippen molar-refractivity contribution in [3.8, 4) is 0 Å². The van der Waals surface area contributed by atoms with E-state index in [2.05, 4.69) is 86.8 Å². The minimum Gasteiger partial charge on any atom is -0.462 e. The van der Waals surface area contributed by atoms with Crippen LogP contribution in [-0.4, -0.2) is 96.0 Å². The molecule has 344 valence electrons. The second-order valence-electron chi connectivity index (χ2n) is 15.4. The number of aliphatic hydroxyl groups is 3. The van der Waals surface area contributed by atoms with Crippen LogP contribution in [0.1, 0.15) is 155 Å². The van der Waals surface area contributed by atoms with E-state index in [1.165, 1.54) is 32.1 Å². The maximum absolute atomic E-state index is 12.8. The quantitative estimate of drug-likeness (QED) is 0.0154. The smallest absolute Gasteiger partial charge is 0.306 e. The van der Waals surface area contributed by atoms with E-state index in [1.54, 1.807) is 0 Å². The van der Waals surface area contributed by atoms with E-state index in [4.69, 9.17) is 18.9 Å². The normalized spacial score (nSPS) is 20.8. The van der Waals surface area contributed by atoms with Gasteiger partial charge in [-0.05, 0) is 77.0 Å². The fraction of sp³-hybridized carbons (Fsp3) is 0.702. The van der Waals surface area contributed by atoms with Crippen molar-refractivity contribution in [1.82, 2.24) is 0 Å². The fourth-order valence-electron chi connectivity index (χ4n) is 6.24. The molecule has 1 aliphatic heterocycles. The molecule has 0 amide bonds. The molecule has 13 heteroatoms. The van der Waals surface area contributed by atoms with Crippen LogP contribution in [0.4, 0.5) is 0 Å². The van der Waals surface area contributed by atoms with Crippen LogP contribution < -0.4 is 0 Å². The summed E-state index contributed by atoms with van der Waals surface area (Å²) >= 11 is 0. The summed E-state index contributed by atoms with van der Waals surface area (Å²) in [5, 5.41) is 30.9. The van der Waals surface area contributed by atoms with Gasteiger partial charge in [-0.2, -0.15) is 8.42 Å². The van der Waals surface area contributed by atoms with Crippen molar-refractivity contribution in [2.75, 3.05) is 19.0 Å². The molecule has 0 aromatic rings. The molecule has 0 saturated carbocycles. The van der Waals surface area contributed by atoms with Crippen molar-refractivity contribution in [3.05, 3.63) is 72.9 Å². The van der Waals surface area contributed by atoms with E-state index >= 15 is 0 Å². The summed E-state index contributed by atoms with van der Waals surface area (Å²) in [6, 6.07) is 0. The number of hydrogen-bond acceptors (Lipinski definition) is 11. The van der Waals surface area contributed by atoms with Crippen LogP contribution >= 0.6 is 0 Å². The topological polar surface area (TPSA) is 186 Å². The van der Waals surface area contributed by atoms with Crippen LogP contribution in [0.3, 0.4) is 0 Å². The molecule has 60 heavy (non-hydrogen) atoms. The lowest BCUT2D eigenvalue weighted by atomic mass is 10.00. The van der Waals surface area contributed by atoms with E-state index in [0.29, 0.717) is 12.8 Å². The molecule has 0 radical (unpaired) electrons. The highest BCUT2D eigenvalue weighted by Crippen LogP contribution is 2.24. The van der Waals surface area contributed by atoms with Crippen LogP contribution in [0.5, 0.6) is 0 Å². The molecule has 1 aliphatic rings. The highest BCUT2D eigenvalue weighted by atomic mass is 32.2. The molecule has 1 rings (SSSR count). The summed E-state index contributed by atoms with van der Waals surface area (Å²) in [6.07, 6.45) is 36.5. The number of esters is 2. The zero-order valence-corrected chi connectivity index (χ0v) is 37.3. The Morgan fingerprint density at radius 2 is 1.08 bits per heavy atom. The van der Waals surface area contributed by atoms with Crippen LogP contribution in [0.2, 0.25) is 0 Å². The van der Waals surface area contributed by atoms with Crippen molar-refractivity contribution in [3.63, 3.8) is 0 Å². The first-order valence-electron chi connectivity index (χ1n) is 22.5. The van der Waals surface area contributed by atoms with Crippen molar-refractivity contribution in [2.45, 2.75) is 192 Å². The number of aliphatic hydroxyl groups excluding tert-OH is 3. The minimum atomic E-state index is -4.61. The molecule has 12 nitrogen and oxygen atoms in total. The summed E-state index contributed by atoms with van der Waals surface area (Å²) in [5.74, 6) is -2.05. The molecule has 0 spiro atoms. The van der Waals surface area contributed by atoms with Crippen LogP contribution in [-0.2, 0) is 38.7 Å². The lowest BCUT2D eigenvalue weighted by molar-refractivity contribution is -0.297. The third-order valence-corrected chi connectivity index (χ3v) is 10.5. The predicted molar refractivity (Wildman–Crippen MR) is 238 cm³/mol. The zero-order valence-electron chi connectivity index (χ0n) is 36.5. The summed E-state index contributed by atoms with van der Waals surface area (Å²) in [4.78, 5) is 25.4. The molecular weight excluding hydrogens is 789 g/mol. The first-order chi connectivity index (χ1) is 29.0. The molecule has 0 aliphatic carbocycles. The number of carbonyl (C=O) groups is 2. The fourth-order valence-corrected chi connectivity index (χ4v) is 6.94. The summed E-state index contributed by atoms with van der Waals surface area (Å²) in [6.45, 7) is 3.62. The number of rotatable bonds is 36. The Balaban J connectivity index is 2.50. The van der Waals surface area contributed by atoms with E-state index in [-0.39, 0.29) is 19.4 Å². The van der Waals surface area contributed by atoms with Crippen LogP contribution in [0, 0.1) is 0 Å². The van der Waals surface area contributed by atoms with E-state index in [9.17, 15) is 37.9 Å². The minimum absolute atomic E-state index is 0.136. The number of unbranched alkanes of at least 4 members (excludes halogenated alkanes) is 13. The molecule has 1 saturated heterocycles. The number of hydrogen-bond donors (Lipinski definition) is 4. The van der Waals surface area contributed by atoms with Crippen molar-refractivity contribution in [1.29, 1.82) is 0 Å². The highest BCUT2D eigenvalue weighted by Gasteiger charge is 2.46. The number of allylic oxidation sites excluding steroid dienone is 12. The van der Waals surface area contributed by atoms with Gasteiger partial charge in [0, 0.05) is 12.8 Å². The largest absolute Gasteiger partial charge is 0.462 e. The zero-order chi connectivity index (χ0) is 44.1. The Morgan fingerprint density at radius 1 is 0.583 bits per heavy atom. The van der Waals surface area contributed by atoms with Gasteiger partial charge in [0.05, 0.1) is 6.61 Å². The van der Waals surface area contributed by atoms with Crippen LogP contribution in [0.15, 0.2) is 72.9 Å². The van der Waals surface area contributed by atoms with E-state index < -0.39 is 71.2 Å². The monoisotopic (exact) mass is 867 g/mol. The molecule has 4 N–H and O–H groups in total.